The quantitative estimate of drug-likeness (QED) is 0.227. The van der Waals surface area contributed by atoms with Crippen LogP contribution in [0.5, 0.6) is 5.75 Å². The molecule has 0 heterocycles. The molecule has 0 aliphatic heterocycles. The molecule has 0 saturated carbocycles. The first-order chi connectivity index (χ1) is 10.5. The molecule has 1 rings (SSSR count). The molecule has 0 radical (unpaired) electrons. The molecule has 0 atom stereocenters. The molecule has 0 aliphatic rings. The number of hydrogen-bond donors (Lipinski definition) is 0. The summed E-state index contributed by atoms with van der Waals surface area (Å²) >= 11 is 5.94. The van der Waals surface area contributed by atoms with Gasteiger partial charge in [0.2, 0.25) is 0 Å². The Balaban J connectivity index is 2.48. The zero-order valence-electron chi connectivity index (χ0n) is 12.0. The number of benzene rings is 1. The van der Waals surface area contributed by atoms with Crippen LogP contribution in [0, 0.1) is 10.1 Å². The van der Waals surface area contributed by atoms with Gasteiger partial charge in [0.1, 0.15) is 16.3 Å². The Morgan fingerprint density at radius 3 is 2.59 bits per heavy atom. The van der Waals surface area contributed by atoms with Gasteiger partial charge in [-0.05, 0) is 25.3 Å². The fourth-order valence-electron chi connectivity index (χ4n) is 1.72. The Labute approximate surface area is 132 Å². The number of aldehydes is 1. The van der Waals surface area contributed by atoms with Crippen molar-refractivity contribution in [3.05, 3.63) is 32.8 Å². The van der Waals surface area contributed by atoms with E-state index in [-0.39, 0.29) is 28.0 Å². The Morgan fingerprint density at radius 2 is 2.00 bits per heavy atom. The first-order valence-corrected chi connectivity index (χ1v) is 7.03. The monoisotopic (exact) mass is 329 g/mol. The number of hydrogen-bond acceptors (Lipinski definition) is 6. The zero-order chi connectivity index (χ0) is 16.5. The van der Waals surface area contributed by atoms with Gasteiger partial charge in [0.05, 0.1) is 18.1 Å². The smallest absolute Gasteiger partial charge is 0.302 e. The number of esters is 1. The van der Waals surface area contributed by atoms with E-state index in [9.17, 15) is 19.7 Å². The predicted octanol–water partition coefficient (Wildman–Crippen LogP) is 3.17. The Morgan fingerprint density at radius 1 is 1.32 bits per heavy atom. The number of ether oxygens (including phenoxy) is 2. The lowest BCUT2D eigenvalue weighted by atomic mass is 10.2. The van der Waals surface area contributed by atoms with Gasteiger partial charge in [-0.1, -0.05) is 11.6 Å². The van der Waals surface area contributed by atoms with Crippen LogP contribution in [-0.2, 0) is 9.53 Å². The minimum atomic E-state index is -0.672. The lowest BCUT2D eigenvalue weighted by Gasteiger charge is -2.09. The maximum Gasteiger partial charge on any atom is 0.302 e. The molecular formula is C14H16ClNO6. The fourth-order valence-corrected chi connectivity index (χ4v) is 1.98. The highest BCUT2D eigenvalue weighted by Crippen LogP contribution is 2.33. The number of carbonyl (C=O) groups excluding carboxylic acids is 2. The SMILES string of the molecule is CC(=O)OCCCCCOc1ccc([N+](=O)[O-])c(C=O)c1Cl. The van der Waals surface area contributed by atoms with Gasteiger partial charge in [-0.2, -0.15) is 0 Å². The molecule has 120 valence electrons. The fraction of sp³-hybridized carbons (Fsp3) is 0.429. The summed E-state index contributed by atoms with van der Waals surface area (Å²) in [6.45, 7) is 2.06. The third-order valence-corrected chi connectivity index (χ3v) is 3.18. The summed E-state index contributed by atoms with van der Waals surface area (Å²) in [7, 11) is 0. The summed E-state index contributed by atoms with van der Waals surface area (Å²) in [6.07, 6.45) is 2.55. The van der Waals surface area contributed by atoms with Crippen molar-refractivity contribution >= 4 is 29.5 Å². The molecule has 0 spiro atoms. The minimum Gasteiger partial charge on any atom is -0.492 e. The van der Waals surface area contributed by atoms with Crippen molar-refractivity contribution in [1.29, 1.82) is 0 Å². The van der Waals surface area contributed by atoms with Crippen LogP contribution in [0.3, 0.4) is 0 Å². The largest absolute Gasteiger partial charge is 0.492 e. The van der Waals surface area contributed by atoms with Crippen molar-refractivity contribution < 1.29 is 24.0 Å². The van der Waals surface area contributed by atoms with Crippen LogP contribution in [0.4, 0.5) is 5.69 Å². The Kier molecular flexibility index (Phi) is 7.31. The van der Waals surface area contributed by atoms with Crippen LogP contribution >= 0.6 is 11.6 Å². The van der Waals surface area contributed by atoms with Crippen molar-refractivity contribution in [2.75, 3.05) is 13.2 Å². The summed E-state index contributed by atoms with van der Waals surface area (Å²) in [4.78, 5) is 31.6. The van der Waals surface area contributed by atoms with Gasteiger partial charge in [-0.15, -0.1) is 0 Å². The molecule has 0 N–H and O–H groups in total. The number of nitro benzene ring substituents is 1. The van der Waals surface area contributed by atoms with Crippen LogP contribution in [0.1, 0.15) is 36.5 Å². The second kappa shape index (κ2) is 8.99. The number of carbonyl (C=O) groups is 2. The molecule has 1 aromatic rings. The summed E-state index contributed by atoms with van der Waals surface area (Å²) in [5.41, 5.74) is -0.548. The normalized spacial score (nSPS) is 10.1. The molecule has 8 heteroatoms. The lowest BCUT2D eigenvalue weighted by molar-refractivity contribution is -0.385. The second-order valence-electron chi connectivity index (χ2n) is 4.43. The van der Waals surface area contributed by atoms with Gasteiger partial charge in [-0.3, -0.25) is 19.7 Å². The summed E-state index contributed by atoms with van der Waals surface area (Å²) < 4.78 is 10.2. The highest BCUT2D eigenvalue weighted by Gasteiger charge is 2.19. The number of unbranched alkanes of at least 4 members (excludes halogenated alkanes) is 2. The van der Waals surface area contributed by atoms with E-state index in [1.807, 2.05) is 0 Å². The van der Waals surface area contributed by atoms with Crippen molar-refractivity contribution in [2.45, 2.75) is 26.2 Å². The van der Waals surface area contributed by atoms with Crippen LogP contribution in [0.25, 0.3) is 0 Å². The predicted molar refractivity (Wildman–Crippen MR) is 79.5 cm³/mol. The van der Waals surface area contributed by atoms with E-state index in [2.05, 4.69) is 0 Å². The van der Waals surface area contributed by atoms with E-state index in [0.717, 1.165) is 12.8 Å². The first-order valence-electron chi connectivity index (χ1n) is 6.65. The van der Waals surface area contributed by atoms with E-state index >= 15 is 0 Å². The van der Waals surface area contributed by atoms with Crippen molar-refractivity contribution in [3.63, 3.8) is 0 Å². The maximum atomic E-state index is 10.9. The molecule has 0 unspecified atom stereocenters. The van der Waals surface area contributed by atoms with Gasteiger partial charge in [0.25, 0.3) is 5.69 Å². The van der Waals surface area contributed by atoms with Gasteiger partial charge < -0.3 is 9.47 Å². The van der Waals surface area contributed by atoms with Gasteiger partial charge in [0, 0.05) is 13.0 Å². The third kappa shape index (κ3) is 5.33. The number of halogens is 1. The first kappa shape index (κ1) is 17.9. The van der Waals surface area contributed by atoms with Crippen LogP contribution in [0.15, 0.2) is 12.1 Å². The van der Waals surface area contributed by atoms with Crippen molar-refractivity contribution in [2.24, 2.45) is 0 Å². The molecule has 22 heavy (non-hydrogen) atoms. The average Bonchev–Trinajstić information content (AvgIpc) is 2.46. The molecule has 0 aliphatic carbocycles. The summed E-state index contributed by atoms with van der Waals surface area (Å²) in [6, 6.07) is 2.55. The van der Waals surface area contributed by atoms with Crippen LogP contribution in [-0.4, -0.2) is 30.4 Å². The van der Waals surface area contributed by atoms with Gasteiger partial charge in [-0.25, -0.2) is 0 Å². The molecule has 1 aromatic carbocycles. The van der Waals surface area contributed by atoms with E-state index < -0.39 is 4.92 Å². The highest BCUT2D eigenvalue weighted by molar-refractivity contribution is 6.34. The number of nitro groups is 1. The lowest BCUT2D eigenvalue weighted by Crippen LogP contribution is -2.03. The zero-order valence-corrected chi connectivity index (χ0v) is 12.8. The van der Waals surface area contributed by atoms with E-state index in [4.69, 9.17) is 21.1 Å². The molecule has 0 bridgehead atoms. The van der Waals surface area contributed by atoms with E-state index in [1.165, 1.54) is 19.1 Å². The van der Waals surface area contributed by atoms with E-state index in [0.29, 0.717) is 25.9 Å². The molecule has 0 amide bonds. The second-order valence-corrected chi connectivity index (χ2v) is 4.81. The summed E-state index contributed by atoms with van der Waals surface area (Å²) in [5.74, 6) is -0.0790. The van der Waals surface area contributed by atoms with Gasteiger partial charge >= 0.3 is 5.97 Å². The standard InChI is InChI=1S/C14H16ClNO6/c1-10(18)21-7-3-2-4-8-22-13-6-5-12(16(19)20)11(9-17)14(13)15/h5-6,9H,2-4,7-8H2,1H3. The Bertz CT molecular complexity index is 561. The van der Waals surface area contributed by atoms with E-state index in [1.54, 1.807) is 0 Å². The minimum absolute atomic E-state index is 0.0656. The number of rotatable bonds is 9. The van der Waals surface area contributed by atoms with Crippen molar-refractivity contribution in [1.82, 2.24) is 0 Å². The molecule has 7 nitrogen and oxygen atoms in total. The molecule has 0 fully saturated rings. The maximum absolute atomic E-state index is 10.9. The molecule has 0 aromatic heterocycles. The topological polar surface area (TPSA) is 95.7 Å². The summed E-state index contributed by atoms with van der Waals surface area (Å²) in [5, 5.41) is 10.7. The highest BCUT2D eigenvalue weighted by atomic mass is 35.5. The Hall–Kier alpha value is -2.15. The van der Waals surface area contributed by atoms with Gasteiger partial charge in [0.15, 0.2) is 6.29 Å². The van der Waals surface area contributed by atoms with Crippen LogP contribution < -0.4 is 4.74 Å². The number of nitrogens with zero attached hydrogens (tertiary/aromatic N) is 1. The van der Waals surface area contributed by atoms with Crippen molar-refractivity contribution in [3.8, 4) is 5.75 Å². The average molecular weight is 330 g/mol. The molecule has 0 saturated heterocycles. The van der Waals surface area contributed by atoms with Crippen LogP contribution in [0.2, 0.25) is 5.02 Å². The molecular weight excluding hydrogens is 314 g/mol. The third-order valence-electron chi connectivity index (χ3n) is 2.79.